The van der Waals surface area contributed by atoms with Gasteiger partial charge in [0.2, 0.25) is 0 Å². The highest BCUT2D eigenvalue weighted by Gasteiger charge is 2.06. The second kappa shape index (κ2) is 8.64. The summed E-state index contributed by atoms with van der Waals surface area (Å²) in [6.07, 6.45) is 2.07. The van der Waals surface area contributed by atoms with Crippen LogP contribution in [0.5, 0.6) is 11.5 Å². The quantitative estimate of drug-likeness (QED) is 0.733. The summed E-state index contributed by atoms with van der Waals surface area (Å²) in [6.45, 7) is 10.9. The van der Waals surface area contributed by atoms with Crippen LogP contribution in [-0.4, -0.2) is 20.3 Å². The highest BCUT2D eigenvalue weighted by Crippen LogP contribution is 2.25. The van der Waals surface area contributed by atoms with Crippen LogP contribution in [-0.2, 0) is 6.54 Å². The van der Waals surface area contributed by atoms with Gasteiger partial charge in [0.15, 0.2) is 0 Å². The largest absolute Gasteiger partial charge is 0.497 e. The molecule has 3 nitrogen and oxygen atoms in total. The van der Waals surface area contributed by atoms with E-state index in [4.69, 9.17) is 9.47 Å². The maximum atomic E-state index is 5.85. The number of methoxy groups -OCH3 is 1. The number of allylic oxidation sites excluding steroid dienone is 1. The minimum Gasteiger partial charge on any atom is -0.497 e. The SMILES string of the molecule is COc1ccc(CNCC(C)C)c(OCC=C(C)C)c1. The van der Waals surface area contributed by atoms with Crippen LogP contribution < -0.4 is 14.8 Å². The molecule has 3 heteroatoms. The molecule has 1 rings (SSSR count). The molecule has 0 saturated heterocycles. The van der Waals surface area contributed by atoms with Gasteiger partial charge in [-0.1, -0.05) is 25.5 Å². The van der Waals surface area contributed by atoms with Gasteiger partial charge in [-0.15, -0.1) is 0 Å². The van der Waals surface area contributed by atoms with Crippen LogP contribution in [0.4, 0.5) is 0 Å². The minimum absolute atomic E-state index is 0.590. The van der Waals surface area contributed by atoms with Crippen molar-refractivity contribution in [3.05, 3.63) is 35.4 Å². The van der Waals surface area contributed by atoms with Crippen molar-refractivity contribution in [3.8, 4) is 11.5 Å². The van der Waals surface area contributed by atoms with Crippen LogP contribution in [0.1, 0.15) is 33.3 Å². The van der Waals surface area contributed by atoms with E-state index >= 15 is 0 Å². The van der Waals surface area contributed by atoms with Crippen LogP contribution in [0.15, 0.2) is 29.8 Å². The van der Waals surface area contributed by atoms with E-state index in [9.17, 15) is 0 Å². The maximum absolute atomic E-state index is 5.85. The van der Waals surface area contributed by atoms with Crippen molar-refractivity contribution in [3.63, 3.8) is 0 Å². The molecular formula is C17H27NO2. The van der Waals surface area contributed by atoms with Crippen LogP contribution in [0.3, 0.4) is 0 Å². The summed E-state index contributed by atoms with van der Waals surface area (Å²) in [7, 11) is 1.67. The van der Waals surface area contributed by atoms with Crippen LogP contribution in [0, 0.1) is 5.92 Å². The lowest BCUT2D eigenvalue weighted by Crippen LogP contribution is -2.19. The molecule has 0 aliphatic carbocycles. The highest BCUT2D eigenvalue weighted by molar-refractivity contribution is 5.40. The molecule has 0 spiro atoms. The van der Waals surface area contributed by atoms with E-state index in [-0.39, 0.29) is 0 Å². The van der Waals surface area contributed by atoms with E-state index in [1.807, 2.05) is 12.1 Å². The Labute approximate surface area is 123 Å². The maximum Gasteiger partial charge on any atom is 0.127 e. The lowest BCUT2D eigenvalue weighted by molar-refractivity contribution is 0.350. The number of benzene rings is 1. The molecule has 0 bridgehead atoms. The second-order valence-electron chi connectivity index (χ2n) is 5.59. The molecule has 1 aromatic rings. The zero-order valence-electron chi connectivity index (χ0n) is 13.3. The molecule has 0 saturated carbocycles. The van der Waals surface area contributed by atoms with Gasteiger partial charge in [0.25, 0.3) is 0 Å². The number of hydrogen-bond donors (Lipinski definition) is 1. The zero-order chi connectivity index (χ0) is 15.0. The minimum atomic E-state index is 0.590. The van der Waals surface area contributed by atoms with Crippen molar-refractivity contribution < 1.29 is 9.47 Å². The summed E-state index contributed by atoms with van der Waals surface area (Å²) in [5.41, 5.74) is 2.42. The smallest absolute Gasteiger partial charge is 0.127 e. The van der Waals surface area contributed by atoms with Crippen molar-refractivity contribution in [2.24, 2.45) is 5.92 Å². The van der Waals surface area contributed by atoms with E-state index < -0.39 is 0 Å². The summed E-state index contributed by atoms with van der Waals surface area (Å²) in [4.78, 5) is 0. The van der Waals surface area contributed by atoms with Crippen LogP contribution in [0.25, 0.3) is 0 Å². The fourth-order valence-corrected chi connectivity index (χ4v) is 1.74. The van der Waals surface area contributed by atoms with Crippen molar-refractivity contribution in [2.45, 2.75) is 34.2 Å². The molecule has 0 aromatic heterocycles. The first kappa shape index (κ1) is 16.6. The summed E-state index contributed by atoms with van der Waals surface area (Å²) < 4.78 is 11.1. The standard InChI is InChI=1S/C17H27NO2/c1-13(2)8-9-20-17-10-16(19-5)7-6-15(17)12-18-11-14(3)4/h6-8,10,14,18H,9,11-12H2,1-5H3. The summed E-state index contributed by atoms with van der Waals surface area (Å²) in [5, 5.41) is 3.44. The number of hydrogen-bond acceptors (Lipinski definition) is 3. The molecule has 0 radical (unpaired) electrons. The molecule has 0 amide bonds. The summed E-state index contributed by atoms with van der Waals surface area (Å²) in [6, 6.07) is 5.98. The fraction of sp³-hybridized carbons (Fsp3) is 0.529. The average Bonchev–Trinajstić information content (AvgIpc) is 2.39. The third-order valence-electron chi connectivity index (χ3n) is 2.87. The molecule has 0 unspecified atom stereocenters. The Bertz CT molecular complexity index is 435. The van der Waals surface area contributed by atoms with E-state index in [1.165, 1.54) is 5.57 Å². The second-order valence-corrected chi connectivity index (χ2v) is 5.59. The van der Waals surface area contributed by atoms with Gasteiger partial charge in [-0.2, -0.15) is 0 Å². The first-order valence-electron chi connectivity index (χ1n) is 7.16. The Kier molecular flexibility index (Phi) is 7.16. The number of nitrogens with one attached hydrogen (secondary N) is 1. The fourth-order valence-electron chi connectivity index (χ4n) is 1.74. The number of ether oxygens (including phenoxy) is 2. The third kappa shape index (κ3) is 6.11. The number of rotatable bonds is 8. The Balaban J connectivity index is 2.72. The van der Waals surface area contributed by atoms with Crippen molar-refractivity contribution >= 4 is 0 Å². The van der Waals surface area contributed by atoms with Gasteiger partial charge in [0.05, 0.1) is 7.11 Å². The first-order chi connectivity index (χ1) is 9.52. The molecule has 0 heterocycles. The summed E-state index contributed by atoms with van der Waals surface area (Å²) in [5.74, 6) is 2.35. The van der Waals surface area contributed by atoms with Gasteiger partial charge in [-0.25, -0.2) is 0 Å². The average molecular weight is 277 g/mol. The van der Waals surface area contributed by atoms with Gasteiger partial charge >= 0.3 is 0 Å². The van der Waals surface area contributed by atoms with Crippen molar-refractivity contribution in [1.29, 1.82) is 0 Å². The van der Waals surface area contributed by atoms with Crippen molar-refractivity contribution in [2.75, 3.05) is 20.3 Å². The predicted molar refractivity (Wildman–Crippen MR) is 84.5 cm³/mol. The molecule has 0 atom stereocenters. The molecule has 20 heavy (non-hydrogen) atoms. The van der Waals surface area contributed by atoms with Crippen LogP contribution >= 0.6 is 0 Å². The third-order valence-corrected chi connectivity index (χ3v) is 2.87. The van der Waals surface area contributed by atoms with Crippen LogP contribution in [0.2, 0.25) is 0 Å². The topological polar surface area (TPSA) is 30.5 Å². The van der Waals surface area contributed by atoms with E-state index in [2.05, 4.69) is 45.2 Å². The van der Waals surface area contributed by atoms with E-state index in [1.54, 1.807) is 7.11 Å². The Hall–Kier alpha value is -1.48. The lowest BCUT2D eigenvalue weighted by atomic mass is 10.1. The van der Waals surface area contributed by atoms with Gasteiger partial charge in [-0.3, -0.25) is 0 Å². The van der Waals surface area contributed by atoms with Gasteiger partial charge in [0, 0.05) is 18.2 Å². The summed E-state index contributed by atoms with van der Waals surface area (Å²) >= 11 is 0. The van der Waals surface area contributed by atoms with E-state index in [0.29, 0.717) is 12.5 Å². The molecule has 112 valence electrons. The Morgan fingerprint density at radius 2 is 2.05 bits per heavy atom. The zero-order valence-corrected chi connectivity index (χ0v) is 13.3. The molecule has 0 aliphatic rings. The van der Waals surface area contributed by atoms with Gasteiger partial charge in [-0.05, 0) is 38.5 Å². The van der Waals surface area contributed by atoms with Gasteiger partial charge < -0.3 is 14.8 Å². The van der Waals surface area contributed by atoms with Crippen molar-refractivity contribution in [1.82, 2.24) is 5.32 Å². The normalized spacial score (nSPS) is 10.5. The van der Waals surface area contributed by atoms with Gasteiger partial charge in [0.1, 0.15) is 18.1 Å². The molecular weight excluding hydrogens is 250 g/mol. The lowest BCUT2D eigenvalue weighted by Gasteiger charge is -2.14. The first-order valence-corrected chi connectivity index (χ1v) is 7.16. The molecule has 0 aliphatic heterocycles. The Morgan fingerprint density at radius 1 is 1.30 bits per heavy atom. The molecule has 0 fully saturated rings. The monoisotopic (exact) mass is 277 g/mol. The highest BCUT2D eigenvalue weighted by atomic mass is 16.5. The predicted octanol–water partition coefficient (Wildman–Crippen LogP) is 3.79. The van der Waals surface area contributed by atoms with E-state index in [0.717, 1.165) is 30.2 Å². The molecule has 1 aromatic carbocycles. The molecule has 1 N–H and O–H groups in total. The Morgan fingerprint density at radius 3 is 2.65 bits per heavy atom.